The molecule has 0 spiro atoms. The highest BCUT2D eigenvalue weighted by Crippen LogP contribution is 2.22. The van der Waals surface area contributed by atoms with Crippen molar-refractivity contribution in [2.24, 2.45) is 0 Å². The van der Waals surface area contributed by atoms with Crippen LogP contribution < -0.4 is 5.32 Å². The molecule has 0 saturated carbocycles. The molecule has 2 aromatic rings. The van der Waals surface area contributed by atoms with Gasteiger partial charge in [-0.1, -0.05) is 25.1 Å². The summed E-state index contributed by atoms with van der Waals surface area (Å²) in [4.78, 5) is 11.7. The fourth-order valence-electron chi connectivity index (χ4n) is 2.30. The van der Waals surface area contributed by atoms with Crippen LogP contribution in [0.2, 0.25) is 0 Å². The number of hydrogen-bond donors (Lipinski definition) is 1. The van der Waals surface area contributed by atoms with Gasteiger partial charge in [0.15, 0.2) is 21.5 Å². The van der Waals surface area contributed by atoms with Crippen molar-refractivity contribution in [2.75, 3.05) is 11.1 Å². The molecule has 0 heterocycles. The zero-order valence-corrected chi connectivity index (χ0v) is 14.1. The molecule has 0 bridgehead atoms. The van der Waals surface area contributed by atoms with Crippen LogP contribution in [0.1, 0.15) is 18.1 Å². The van der Waals surface area contributed by atoms with E-state index in [0.29, 0.717) is 18.2 Å². The van der Waals surface area contributed by atoms with E-state index in [2.05, 4.69) is 5.32 Å². The van der Waals surface area contributed by atoms with E-state index in [9.17, 15) is 22.0 Å². The van der Waals surface area contributed by atoms with Gasteiger partial charge in [-0.3, -0.25) is 4.79 Å². The van der Waals surface area contributed by atoms with Gasteiger partial charge in [0.1, 0.15) is 5.75 Å². The standard InChI is InChI=1S/C17H17F2NO3S/c1-3-12-6-4-5-11(2)17(12)20-16(21)10-24(22,23)13-7-8-14(18)15(19)9-13/h4-9H,3,10H2,1-2H3,(H,20,21). The van der Waals surface area contributed by atoms with Gasteiger partial charge in [-0.05, 0) is 42.7 Å². The average Bonchev–Trinajstić information content (AvgIpc) is 2.51. The summed E-state index contributed by atoms with van der Waals surface area (Å²) in [5.74, 6) is -4.01. The lowest BCUT2D eigenvalue weighted by atomic mass is 10.1. The minimum Gasteiger partial charge on any atom is -0.325 e. The Morgan fingerprint density at radius 2 is 1.83 bits per heavy atom. The maximum Gasteiger partial charge on any atom is 0.239 e. The summed E-state index contributed by atoms with van der Waals surface area (Å²) in [6, 6.07) is 7.72. The predicted molar refractivity (Wildman–Crippen MR) is 87.6 cm³/mol. The molecule has 128 valence electrons. The first-order valence-corrected chi connectivity index (χ1v) is 8.96. The minimum absolute atomic E-state index is 0.433. The zero-order chi connectivity index (χ0) is 17.9. The van der Waals surface area contributed by atoms with Gasteiger partial charge in [-0.25, -0.2) is 17.2 Å². The van der Waals surface area contributed by atoms with Gasteiger partial charge in [-0.15, -0.1) is 0 Å². The minimum atomic E-state index is -4.07. The van der Waals surface area contributed by atoms with Crippen molar-refractivity contribution < 1.29 is 22.0 Å². The van der Waals surface area contributed by atoms with Gasteiger partial charge in [0, 0.05) is 5.69 Å². The fraction of sp³-hybridized carbons (Fsp3) is 0.235. The molecule has 2 rings (SSSR count). The van der Waals surface area contributed by atoms with Gasteiger partial charge < -0.3 is 5.32 Å². The van der Waals surface area contributed by atoms with Crippen molar-refractivity contribution in [3.63, 3.8) is 0 Å². The van der Waals surface area contributed by atoms with E-state index in [-0.39, 0.29) is 0 Å². The number of anilines is 1. The van der Waals surface area contributed by atoms with Crippen LogP contribution in [0.4, 0.5) is 14.5 Å². The summed E-state index contributed by atoms with van der Waals surface area (Å²) in [5, 5.41) is 2.60. The number of para-hydroxylation sites is 1. The van der Waals surface area contributed by atoms with E-state index in [1.165, 1.54) is 0 Å². The van der Waals surface area contributed by atoms with Crippen LogP contribution in [-0.2, 0) is 21.1 Å². The number of hydrogen-bond acceptors (Lipinski definition) is 3. The molecule has 0 aromatic heterocycles. The topological polar surface area (TPSA) is 63.2 Å². The third-order valence-electron chi connectivity index (χ3n) is 3.58. The molecule has 0 aliphatic rings. The summed E-state index contributed by atoms with van der Waals surface area (Å²) in [5.41, 5.74) is 2.27. The van der Waals surface area contributed by atoms with Crippen molar-refractivity contribution in [3.05, 3.63) is 59.2 Å². The quantitative estimate of drug-likeness (QED) is 0.840. The van der Waals surface area contributed by atoms with Crippen molar-refractivity contribution in [2.45, 2.75) is 25.2 Å². The van der Waals surface area contributed by atoms with Crippen LogP contribution in [0, 0.1) is 18.6 Å². The van der Waals surface area contributed by atoms with E-state index >= 15 is 0 Å². The van der Waals surface area contributed by atoms with Gasteiger partial charge in [0.2, 0.25) is 5.91 Å². The number of benzene rings is 2. The summed E-state index contributed by atoms with van der Waals surface area (Å²) in [6.45, 7) is 3.72. The van der Waals surface area contributed by atoms with Crippen LogP contribution in [0.15, 0.2) is 41.3 Å². The monoisotopic (exact) mass is 353 g/mol. The molecule has 0 unspecified atom stereocenters. The van der Waals surface area contributed by atoms with Crippen LogP contribution in [0.3, 0.4) is 0 Å². The highest BCUT2D eigenvalue weighted by atomic mass is 32.2. The molecule has 0 fully saturated rings. The number of nitrogens with one attached hydrogen (secondary N) is 1. The Morgan fingerprint density at radius 1 is 1.12 bits per heavy atom. The summed E-state index contributed by atoms with van der Waals surface area (Å²) >= 11 is 0. The van der Waals surface area contributed by atoms with E-state index in [0.717, 1.165) is 23.3 Å². The third-order valence-corrected chi connectivity index (χ3v) is 5.19. The molecular weight excluding hydrogens is 336 g/mol. The summed E-state index contributed by atoms with van der Waals surface area (Å²) < 4.78 is 50.5. The smallest absolute Gasteiger partial charge is 0.239 e. The Hall–Kier alpha value is -2.28. The van der Waals surface area contributed by atoms with Crippen LogP contribution in [0.5, 0.6) is 0 Å². The molecule has 24 heavy (non-hydrogen) atoms. The van der Waals surface area contributed by atoms with Gasteiger partial charge in [-0.2, -0.15) is 0 Å². The van der Waals surface area contributed by atoms with Crippen LogP contribution >= 0.6 is 0 Å². The molecule has 7 heteroatoms. The lowest BCUT2D eigenvalue weighted by Gasteiger charge is -2.13. The molecule has 2 aromatic carbocycles. The largest absolute Gasteiger partial charge is 0.325 e. The molecule has 0 atom stereocenters. The molecule has 1 N–H and O–H groups in total. The number of halogens is 2. The van der Waals surface area contributed by atoms with E-state index in [4.69, 9.17) is 0 Å². The lowest BCUT2D eigenvalue weighted by molar-refractivity contribution is -0.113. The van der Waals surface area contributed by atoms with Crippen molar-refractivity contribution >= 4 is 21.4 Å². The summed E-state index contributed by atoms with van der Waals surface area (Å²) in [7, 11) is -4.07. The second-order valence-corrected chi connectivity index (χ2v) is 7.34. The fourth-order valence-corrected chi connectivity index (χ4v) is 3.45. The molecule has 4 nitrogen and oxygen atoms in total. The van der Waals surface area contributed by atoms with E-state index < -0.39 is 38.0 Å². The Morgan fingerprint density at radius 3 is 2.46 bits per heavy atom. The zero-order valence-electron chi connectivity index (χ0n) is 13.3. The van der Waals surface area contributed by atoms with Gasteiger partial charge >= 0.3 is 0 Å². The number of carbonyl (C=O) groups is 1. The number of aryl methyl sites for hydroxylation is 2. The predicted octanol–water partition coefficient (Wildman–Crippen LogP) is 3.25. The first-order valence-electron chi connectivity index (χ1n) is 7.30. The molecule has 1 amide bonds. The highest BCUT2D eigenvalue weighted by Gasteiger charge is 2.21. The number of amides is 1. The second-order valence-electron chi connectivity index (χ2n) is 5.35. The summed E-state index contributed by atoms with van der Waals surface area (Å²) in [6.07, 6.45) is 0.674. The molecular formula is C17H17F2NO3S. The Labute approximate surface area is 139 Å². The van der Waals surface area contributed by atoms with Crippen LogP contribution in [0.25, 0.3) is 0 Å². The average molecular weight is 353 g/mol. The number of carbonyl (C=O) groups excluding carboxylic acids is 1. The molecule has 0 radical (unpaired) electrons. The number of rotatable bonds is 5. The normalized spacial score (nSPS) is 11.3. The first-order chi connectivity index (χ1) is 11.2. The highest BCUT2D eigenvalue weighted by molar-refractivity contribution is 7.92. The van der Waals surface area contributed by atoms with Crippen LogP contribution in [-0.4, -0.2) is 20.1 Å². The van der Waals surface area contributed by atoms with Gasteiger partial charge in [0.25, 0.3) is 0 Å². The third kappa shape index (κ3) is 3.97. The SMILES string of the molecule is CCc1cccc(C)c1NC(=O)CS(=O)(=O)c1ccc(F)c(F)c1. The van der Waals surface area contributed by atoms with Crippen molar-refractivity contribution in [3.8, 4) is 0 Å². The van der Waals surface area contributed by atoms with Crippen molar-refractivity contribution in [1.29, 1.82) is 0 Å². The molecule has 0 saturated heterocycles. The van der Waals surface area contributed by atoms with Gasteiger partial charge in [0.05, 0.1) is 4.90 Å². The lowest BCUT2D eigenvalue weighted by Crippen LogP contribution is -2.24. The molecule has 0 aliphatic heterocycles. The Balaban J connectivity index is 2.21. The molecule has 0 aliphatic carbocycles. The Bertz CT molecular complexity index is 879. The maximum atomic E-state index is 13.2. The van der Waals surface area contributed by atoms with E-state index in [1.807, 2.05) is 19.1 Å². The van der Waals surface area contributed by atoms with E-state index in [1.54, 1.807) is 13.0 Å². The van der Waals surface area contributed by atoms with Crippen molar-refractivity contribution in [1.82, 2.24) is 0 Å². The number of sulfone groups is 1. The Kier molecular flexibility index (Phi) is 5.33. The first kappa shape index (κ1) is 18.1. The second kappa shape index (κ2) is 7.09. The maximum absolute atomic E-state index is 13.2.